The fraction of sp³-hybridized carbons (Fsp3) is 0.900. The molecule has 5 heteroatoms. The molecule has 0 unspecified atom stereocenters. The van der Waals surface area contributed by atoms with Crippen molar-refractivity contribution < 1.29 is 9.90 Å². The highest BCUT2D eigenvalue weighted by Crippen LogP contribution is 2.00. The number of rotatable bonds is 4. The third-order valence-electron chi connectivity index (χ3n) is 2.74. The monoisotopic (exact) mass is 215 g/mol. The van der Waals surface area contributed by atoms with Crippen molar-refractivity contribution in [2.45, 2.75) is 0 Å². The zero-order chi connectivity index (χ0) is 11.3. The van der Waals surface area contributed by atoms with Crippen LogP contribution in [-0.2, 0) is 4.79 Å². The molecule has 0 aromatic rings. The average molecular weight is 215 g/mol. The third kappa shape index (κ3) is 4.15. The zero-order valence-corrected chi connectivity index (χ0v) is 9.65. The van der Waals surface area contributed by atoms with Gasteiger partial charge in [0.2, 0.25) is 5.91 Å². The van der Waals surface area contributed by atoms with Gasteiger partial charge in [0.05, 0.1) is 13.2 Å². The van der Waals surface area contributed by atoms with E-state index in [0.29, 0.717) is 13.1 Å². The van der Waals surface area contributed by atoms with Gasteiger partial charge in [-0.2, -0.15) is 0 Å². The molecular formula is C10H21N3O2. The molecule has 88 valence electrons. The number of carbonyl (C=O) groups excluding carboxylic acids is 1. The number of nitrogens with zero attached hydrogens (tertiary/aromatic N) is 3. The van der Waals surface area contributed by atoms with Crippen molar-refractivity contribution in [1.82, 2.24) is 14.7 Å². The maximum atomic E-state index is 11.8. The fourth-order valence-electron chi connectivity index (χ4n) is 1.64. The number of hydrogen-bond donors (Lipinski definition) is 1. The van der Waals surface area contributed by atoms with Crippen LogP contribution in [0.4, 0.5) is 0 Å². The summed E-state index contributed by atoms with van der Waals surface area (Å²) in [5, 5.41) is 8.72. The van der Waals surface area contributed by atoms with Gasteiger partial charge in [0.25, 0.3) is 0 Å². The summed E-state index contributed by atoms with van der Waals surface area (Å²) in [5.74, 6) is 0.166. The Balaban J connectivity index is 2.27. The molecule has 0 spiro atoms. The van der Waals surface area contributed by atoms with E-state index in [0.717, 1.165) is 26.2 Å². The van der Waals surface area contributed by atoms with Crippen molar-refractivity contribution in [3.05, 3.63) is 0 Å². The molecule has 5 nitrogen and oxygen atoms in total. The van der Waals surface area contributed by atoms with Crippen molar-refractivity contribution in [1.29, 1.82) is 0 Å². The molecule has 0 aliphatic carbocycles. The zero-order valence-electron chi connectivity index (χ0n) is 9.65. The largest absolute Gasteiger partial charge is 0.395 e. The molecule has 1 aliphatic rings. The Kier molecular flexibility index (Phi) is 5.01. The molecule has 0 atom stereocenters. The lowest BCUT2D eigenvalue weighted by Gasteiger charge is -2.33. The van der Waals surface area contributed by atoms with Crippen molar-refractivity contribution in [2.75, 3.05) is 60.0 Å². The van der Waals surface area contributed by atoms with Gasteiger partial charge in [0, 0.05) is 32.7 Å². The van der Waals surface area contributed by atoms with Gasteiger partial charge in [0.1, 0.15) is 0 Å². The molecule has 1 heterocycles. The molecule has 1 saturated heterocycles. The van der Waals surface area contributed by atoms with Gasteiger partial charge < -0.3 is 14.9 Å². The van der Waals surface area contributed by atoms with Crippen LogP contribution in [-0.4, -0.2) is 85.7 Å². The highest BCUT2D eigenvalue weighted by atomic mass is 16.3. The molecule has 0 saturated carbocycles. The molecule has 1 aliphatic heterocycles. The number of aliphatic hydroxyl groups excluding tert-OH is 1. The van der Waals surface area contributed by atoms with Gasteiger partial charge in [-0.1, -0.05) is 0 Å². The Bertz CT molecular complexity index is 203. The summed E-state index contributed by atoms with van der Waals surface area (Å²) in [6.07, 6.45) is 0. The van der Waals surface area contributed by atoms with Crippen LogP contribution in [0.15, 0.2) is 0 Å². The summed E-state index contributed by atoms with van der Waals surface area (Å²) in [6.45, 7) is 4.62. The van der Waals surface area contributed by atoms with Gasteiger partial charge in [-0.3, -0.25) is 9.69 Å². The maximum Gasteiger partial charge on any atom is 0.236 e. The Labute approximate surface area is 91.3 Å². The first kappa shape index (κ1) is 12.4. The van der Waals surface area contributed by atoms with Crippen molar-refractivity contribution in [2.24, 2.45) is 0 Å². The van der Waals surface area contributed by atoms with E-state index in [-0.39, 0.29) is 12.5 Å². The lowest BCUT2D eigenvalue weighted by Crippen LogP contribution is -2.49. The Morgan fingerprint density at radius 2 is 1.93 bits per heavy atom. The van der Waals surface area contributed by atoms with Gasteiger partial charge in [-0.15, -0.1) is 0 Å². The van der Waals surface area contributed by atoms with Crippen LogP contribution in [0.25, 0.3) is 0 Å². The van der Waals surface area contributed by atoms with Crippen LogP contribution in [0.5, 0.6) is 0 Å². The Morgan fingerprint density at radius 3 is 2.47 bits per heavy atom. The van der Waals surface area contributed by atoms with Gasteiger partial charge in [-0.05, 0) is 14.1 Å². The second-order valence-corrected chi connectivity index (χ2v) is 4.15. The van der Waals surface area contributed by atoms with Gasteiger partial charge in [0.15, 0.2) is 0 Å². The Morgan fingerprint density at radius 1 is 1.33 bits per heavy atom. The van der Waals surface area contributed by atoms with Crippen LogP contribution in [0.2, 0.25) is 0 Å². The number of hydrogen-bond acceptors (Lipinski definition) is 4. The Hall–Kier alpha value is -0.650. The van der Waals surface area contributed by atoms with E-state index in [1.165, 1.54) is 0 Å². The number of aliphatic hydroxyl groups is 1. The third-order valence-corrected chi connectivity index (χ3v) is 2.74. The molecule has 1 rings (SSSR count). The number of carbonyl (C=O) groups is 1. The second-order valence-electron chi connectivity index (χ2n) is 4.15. The first-order chi connectivity index (χ1) is 7.13. The van der Waals surface area contributed by atoms with E-state index < -0.39 is 0 Å². The maximum absolute atomic E-state index is 11.8. The van der Waals surface area contributed by atoms with Crippen molar-refractivity contribution in [3.63, 3.8) is 0 Å². The molecule has 1 N–H and O–H groups in total. The summed E-state index contributed by atoms with van der Waals surface area (Å²) in [7, 11) is 3.92. The standard InChI is InChI=1S/C10H21N3O2/c1-11-3-5-13(6-4-11)10(15)9-12(2)7-8-14/h14H,3-9H2,1-2H3. The number of amides is 1. The van der Waals surface area contributed by atoms with Gasteiger partial charge >= 0.3 is 0 Å². The smallest absolute Gasteiger partial charge is 0.236 e. The quantitative estimate of drug-likeness (QED) is 0.632. The predicted molar refractivity (Wildman–Crippen MR) is 58.7 cm³/mol. The molecule has 0 aromatic carbocycles. The van der Waals surface area contributed by atoms with Crippen LogP contribution in [0.1, 0.15) is 0 Å². The van der Waals surface area contributed by atoms with Crippen LogP contribution >= 0.6 is 0 Å². The minimum absolute atomic E-state index is 0.104. The van der Waals surface area contributed by atoms with Gasteiger partial charge in [-0.25, -0.2) is 0 Å². The van der Waals surface area contributed by atoms with E-state index in [1.54, 1.807) is 0 Å². The molecule has 1 fully saturated rings. The summed E-state index contributed by atoms with van der Waals surface area (Å²) in [6, 6.07) is 0. The molecular weight excluding hydrogens is 194 g/mol. The van der Waals surface area contributed by atoms with Crippen molar-refractivity contribution in [3.8, 4) is 0 Å². The normalized spacial score (nSPS) is 18.5. The summed E-state index contributed by atoms with van der Waals surface area (Å²) in [5.41, 5.74) is 0. The van der Waals surface area contributed by atoms with E-state index in [4.69, 9.17) is 5.11 Å². The lowest BCUT2D eigenvalue weighted by molar-refractivity contribution is -0.133. The number of likely N-dealkylation sites (N-methyl/N-ethyl adjacent to an activating group) is 2. The molecule has 1 amide bonds. The highest BCUT2D eigenvalue weighted by molar-refractivity contribution is 5.78. The summed E-state index contributed by atoms with van der Waals surface area (Å²) in [4.78, 5) is 17.7. The van der Waals surface area contributed by atoms with Crippen LogP contribution in [0, 0.1) is 0 Å². The van der Waals surface area contributed by atoms with Crippen LogP contribution in [0.3, 0.4) is 0 Å². The second kappa shape index (κ2) is 6.05. The first-order valence-electron chi connectivity index (χ1n) is 5.39. The summed E-state index contributed by atoms with van der Waals surface area (Å²) >= 11 is 0. The van der Waals surface area contributed by atoms with E-state index in [2.05, 4.69) is 11.9 Å². The SMILES string of the molecule is CN1CCN(C(=O)CN(C)CCO)CC1. The van der Waals surface area contributed by atoms with E-state index in [9.17, 15) is 4.79 Å². The fourth-order valence-corrected chi connectivity index (χ4v) is 1.64. The van der Waals surface area contributed by atoms with E-state index >= 15 is 0 Å². The molecule has 0 radical (unpaired) electrons. The van der Waals surface area contributed by atoms with Crippen molar-refractivity contribution >= 4 is 5.91 Å². The minimum atomic E-state index is 0.104. The van der Waals surface area contributed by atoms with E-state index in [1.807, 2.05) is 16.8 Å². The number of piperazine rings is 1. The van der Waals surface area contributed by atoms with Crippen LogP contribution < -0.4 is 0 Å². The summed E-state index contributed by atoms with van der Waals surface area (Å²) < 4.78 is 0. The highest BCUT2D eigenvalue weighted by Gasteiger charge is 2.19. The topological polar surface area (TPSA) is 47.0 Å². The molecule has 0 bridgehead atoms. The lowest BCUT2D eigenvalue weighted by atomic mass is 10.3. The predicted octanol–water partition coefficient (Wildman–Crippen LogP) is -1.32. The minimum Gasteiger partial charge on any atom is -0.395 e. The molecule has 0 aromatic heterocycles. The average Bonchev–Trinajstić information content (AvgIpc) is 2.18. The first-order valence-corrected chi connectivity index (χ1v) is 5.39. The molecule has 15 heavy (non-hydrogen) atoms.